The molecular weight excluding hydrogens is 256 g/mol. The minimum absolute atomic E-state index is 1.10. The third-order valence-electron chi connectivity index (χ3n) is 3.69. The maximum Gasteiger partial charge on any atom is 0.0741 e. The largest absolute Gasteiger partial charge is 0.232 e. The van der Waals surface area contributed by atoms with Gasteiger partial charge in [-0.2, -0.15) is 5.10 Å². The Morgan fingerprint density at radius 1 is 0.667 bits per heavy atom. The van der Waals surface area contributed by atoms with E-state index in [9.17, 15) is 0 Å². The molecule has 0 spiro atoms. The maximum absolute atomic E-state index is 4.57. The standard InChI is InChI=1S/C19H14N2/c1-2-8-15(9-3-1)17-11-5-7-13-19(17)21-18-12-6-4-10-16(18)14-20-21/h1-14H. The lowest BCUT2D eigenvalue weighted by molar-refractivity contribution is 0.912. The molecule has 0 bridgehead atoms. The van der Waals surface area contributed by atoms with Crippen LogP contribution in [0.2, 0.25) is 0 Å². The summed E-state index contributed by atoms with van der Waals surface area (Å²) in [5.41, 5.74) is 4.62. The SMILES string of the molecule is c1ccc(-c2ccccc2-n2ncc3ccccc32)cc1. The summed E-state index contributed by atoms with van der Waals surface area (Å²) in [6.07, 6.45) is 1.91. The lowest BCUT2D eigenvalue weighted by Crippen LogP contribution is -1.98. The van der Waals surface area contributed by atoms with Crippen molar-refractivity contribution in [1.82, 2.24) is 9.78 Å². The number of benzene rings is 3. The van der Waals surface area contributed by atoms with Crippen molar-refractivity contribution in [1.29, 1.82) is 0 Å². The van der Waals surface area contributed by atoms with Crippen LogP contribution in [0.4, 0.5) is 0 Å². The number of para-hydroxylation sites is 2. The Bertz CT molecular complexity index is 892. The lowest BCUT2D eigenvalue weighted by Gasteiger charge is -2.10. The van der Waals surface area contributed by atoms with E-state index in [1.807, 2.05) is 29.1 Å². The van der Waals surface area contributed by atoms with E-state index in [0.29, 0.717) is 0 Å². The molecule has 0 aliphatic carbocycles. The first-order valence-electron chi connectivity index (χ1n) is 7.01. The van der Waals surface area contributed by atoms with Crippen molar-refractivity contribution in [3.8, 4) is 16.8 Å². The number of hydrogen-bond donors (Lipinski definition) is 0. The Kier molecular flexibility index (Phi) is 2.79. The Balaban J connectivity index is 1.98. The molecule has 0 saturated heterocycles. The summed E-state index contributed by atoms with van der Waals surface area (Å²) in [5.74, 6) is 0. The molecule has 0 unspecified atom stereocenters. The van der Waals surface area contributed by atoms with Crippen LogP contribution < -0.4 is 0 Å². The van der Waals surface area contributed by atoms with Crippen LogP contribution in [0.5, 0.6) is 0 Å². The summed E-state index contributed by atoms with van der Waals surface area (Å²) in [6.45, 7) is 0. The van der Waals surface area contributed by atoms with Gasteiger partial charge in [0, 0.05) is 10.9 Å². The zero-order valence-electron chi connectivity index (χ0n) is 11.5. The fraction of sp³-hybridized carbons (Fsp3) is 0. The van der Waals surface area contributed by atoms with Gasteiger partial charge in [0.1, 0.15) is 0 Å². The number of aromatic nitrogens is 2. The summed E-state index contributed by atoms with van der Waals surface area (Å²) < 4.78 is 2.01. The predicted molar refractivity (Wildman–Crippen MR) is 86.5 cm³/mol. The van der Waals surface area contributed by atoms with Crippen LogP contribution in [0.3, 0.4) is 0 Å². The predicted octanol–water partition coefficient (Wildman–Crippen LogP) is 4.69. The molecule has 0 aliphatic heterocycles. The van der Waals surface area contributed by atoms with E-state index in [0.717, 1.165) is 16.6 Å². The molecule has 3 aromatic carbocycles. The molecular formula is C19H14N2. The fourth-order valence-electron chi connectivity index (χ4n) is 2.68. The molecule has 1 aromatic heterocycles. The molecule has 0 radical (unpaired) electrons. The molecule has 0 N–H and O–H groups in total. The van der Waals surface area contributed by atoms with E-state index in [1.54, 1.807) is 0 Å². The van der Waals surface area contributed by atoms with Crippen LogP contribution in [0.1, 0.15) is 0 Å². The van der Waals surface area contributed by atoms with E-state index in [-0.39, 0.29) is 0 Å². The maximum atomic E-state index is 4.57. The lowest BCUT2D eigenvalue weighted by atomic mass is 10.0. The molecule has 100 valence electrons. The second-order valence-electron chi connectivity index (χ2n) is 5.00. The van der Waals surface area contributed by atoms with Crippen molar-refractivity contribution in [2.24, 2.45) is 0 Å². The van der Waals surface area contributed by atoms with Gasteiger partial charge in [-0.25, -0.2) is 4.68 Å². The quantitative estimate of drug-likeness (QED) is 0.516. The van der Waals surface area contributed by atoms with E-state index in [4.69, 9.17) is 0 Å². The second kappa shape index (κ2) is 4.91. The van der Waals surface area contributed by atoms with Crippen LogP contribution in [-0.4, -0.2) is 9.78 Å². The van der Waals surface area contributed by atoms with Gasteiger partial charge in [-0.1, -0.05) is 66.7 Å². The second-order valence-corrected chi connectivity index (χ2v) is 5.00. The van der Waals surface area contributed by atoms with Crippen LogP contribution in [0, 0.1) is 0 Å². The van der Waals surface area contributed by atoms with Gasteiger partial charge in [-0.3, -0.25) is 0 Å². The van der Waals surface area contributed by atoms with Crippen molar-refractivity contribution in [3.05, 3.63) is 85.1 Å². The monoisotopic (exact) mass is 270 g/mol. The first kappa shape index (κ1) is 11.9. The van der Waals surface area contributed by atoms with Crippen LogP contribution in [-0.2, 0) is 0 Å². The Hall–Kier alpha value is -2.87. The van der Waals surface area contributed by atoms with E-state index in [1.165, 1.54) is 11.1 Å². The highest BCUT2D eigenvalue weighted by atomic mass is 15.3. The smallest absolute Gasteiger partial charge is 0.0741 e. The first-order valence-corrected chi connectivity index (χ1v) is 7.01. The van der Waals surface area contributed by atoms with E-state index >= 15 is 0 Å². The Labute approximate surface area is 123 Å². The van der Waals surface area contributed by atoms with E-state index < -0.39 is 0 Å². The van der Waals surface area contributed by atoms with Crippen molar-refractivity contribution < 1.29 is 0 Å². The van der Waals surface area contributed by atoms with Crippen molar-refractivity contribution in [2.45, 2.75) is 0 Å². The molecule has 2 heteroatoms. The van der Waals surface area contributed by atoms with Crippen LogP contribution in [0.15, 0.2) is 85.1 Å². The average Bonchev–Trinajstić information content (AvgIpc) is 3.00. The molecule has 0 atom stereocenters. The summed E-state index contributed by atoms with van der Waals surface area (Å²) >= 11 is 0. The summed E-state index contributed by atoms with van der Waals surface area (Å²) in [6, 6.07) is 27.1. The van der Waals surface area contributed by atoms with Crippen molar-refractivity contribution in [3.63, 3.8) is 0 Å². The first-order chi connectivity index (χ1) is 10.4. The highest BCUT2D eigenvalue weighted by Crippen LogP contribution is 2.28. The van der Waals surface area contributed by atoms with Gasteiger partial charge < -0.3 is 0 Å². The molecule has 2 nitrogen and oxygen atoms in total. The van der Waals surface area contributed by atoms with Crippen LogP contribution >= 0.6 is 0 Å². The Morgan fingerprint density at radius 2 is 1.38 bits per heavy atom. The topological polar surface area (TPSA) is 17.8 Å². The average molecular weight is 270 g/mol. The summed E-state index contributed by atoms with van der Waals surface area (Å²) in [4.78, 5) is 0. The van der Waals surface area contributed by atoms with Gasteiger partial charge in [-0.05, 0) is 17.7 Å². The molecule has 0 amide bonds. The zero-order valence-corrected chi connectivity index (χ0v) is 11.5. The number of nitrogens with zero attached hydrogens (tertiary/aromatic N) is 2. The van der Waals surface area contributed by atoms with E-state index in [2.05, 4.69) is 65.8 Å². The minimum atomic E-state index is 1.10. The van der Waals surface area contributed by atoms with Gasteiger partial charge in [0.05, 0.1) is 17.4 Å². The molecule has 4 rings (SSSR count). The summed E-state index contributed by atoms with van der Waals surface area (Å²) in [7, 11) is 0. The molecule has 21 heavy (non-hydrogen) atoms. The molecule has 0 saturated carbocycles. The number of hydrogen-bond acceptors (Lipinski definition) is 1. The molecule has 0 fully saturated rings. The van der Waals surface area contributed by atoms with Gasteiger partial charge in [0.15, 0.2) is 0 Å². The molecule has 0 aliphatic rings. The minimum Gasteiger partial charge on any atom is -0.232 e. The third-order valence-corrected chi connectivity index (χ3v) is 3.69. The van der Waals surface area contributed by atoms with Crippen molar-refractivity contribution >= 4 is 10.9 Å². The van der Waals surface area contributed by atoms with Crippen LogP contribution in [0.25, 0.3) is 27.7 Å². The zero-order chi connectivity index (χ0) is 14.1. The van der Waals surface area contributed by atoms with Gasteiger partial charge in [-0.15, -0.1) is 0 Å². The van der Waals surface area contributed by atoms with Gasteiger partial charge >= 0.3 is 0 Å². The highest BCUT2D eigenvalue weighted by Gasteiger charge is 2.09. The van der Waals surface area contributed by atoms with Gasteiger partial charge in [0.2, 0.25) is 0 Å². The molecule has 4 aromatic rings. The Morgan fingerprint density at radius 3 is 2.29 bits per heavy atom. The van der Waals surface area contributed by atoms with Crippen molar-refractivity contribution in [2.75, 3.05) is 0 Å². The number of fused-ring (bicyclic) bond motifs is 1. The normalized spacial score (nSPS) is 10.9. The number of rotatable bonds is 2. The fourth-order valence-corrected chi connectivity index (χ4v) is 2.68. The third kappa shape index (κ3) is 2.01. The molecule has 1 heterocycles. The van der Waals surface area contributed by atoms with Gasteiger partial charge in [0.25, 0.3) is 0 Å². The highest BCUT2D eigenvalue weighted by molar-refractivity contribution is 5.83. The summed E-state index contributed by atoms with van der Waals surface area (Å²) in [5, 5.41) is 5.72.